The van der Waals surface area contributed by atoms with Crippen molar-refractivity contribution < 1.29 is 9.53 Å². The standard InChI is InChI=1S/C17H28N2O2/c1-6-15(21-5)8-7-14(2)12-19-13-17(3,9-10-18-4)11-16(19)20/h6-8,18H,1,9-13H2,2-5H3/b14-7+,15-8+. The van der Waals surface area contributed by atoms with Gasteiger partial charge in [-0.25, -0.2) is 0 Å². The minimum atomic E-state index is 0.0923. The fraction of sp³-hybridized carbons (Fsp3) is 0.588. The van der Waals surface area contributed by atoms with Crippen molar-refractivity contribution in [1.29, 1.82) is 0 Å². The molecule has 1 aliphatic rings. The summed E-state index contributed by atoms with van der Waals surface area (Å²) in [7, 11) is 3.57. The van der Waals surface area contributed by atoms with Gasteiger partial charge in [0.05, 0.1) is 7.11 Å². The van der Waals surface area contributed by atoms with Crippen LogP contribution in [0.5, 0.6) is 0 Å². The zero-order chi connectivity index (χ0) is 15.9. The van der Waals surface area contributed by atoms with Gasteiger partial charge in [-0.05, 0) is 44.5 Å². The van der Waals surface area contributed by atoms with Gasteiger partial charge in [-0.2, -0.15) is 0 Å². The summed E-state index contributed by atoms with van der Waals surface area (Å²) in [5.74, 6) is 0.974. The second-order valence-corrected chi connectivity index (χ2v) is 6.08. The molecule has 4 heteroatoms. The minimum Gasteiger partial charge on any atom is -0.497 e. The van der Waals surface area contributed by atoms with Crippen molar-refractivity contribution in [3.63, 3.8) is 0 Å². The molecular weight excluding hydrogens is 264 g/mol. The maximum absolute atomic E-state index is 12.2. The van der Waals surface area contributed by atoms with Gasteiger partial charge in [-0.15, -0.1) is 0 Å². The smallest absolute Gasteiger partial charge is 0.223 e. The highest BCUT2D eigenvalue weighted by atomic mass is 16.5. The van der Waals surface area contributed by atoms with Crippen molar-refractivity contribution in [3.8, 4) is 0 Å². The summed E-state index contributed by atoms with van der Waals surface area (Å²) in [6, 6.07) is 0. The molecule has 0 saturated carbocycles. The lowest BCUT2D eigenvalue weighted by molar-refractivity contribution is -0.127. The van der Waals surface area contributed by atoms with Crippen LogP contribution in [0, 0.1) is 5.41 Å². The molecule has 118 valence electrons. The number of ether oxygens (including phenoxy) is 1. The van der Waals surface area contributed by atoms with Crippen LogP contribution in [0.25, 0.3) is 0 Å². The number of hydrogen-bond donors (Lipinski definition) is 1. The van der Waals surface area contributed by atoms with E-state index >= 15 is 0 Å². The van der Waals surface area contributed by atoms with E-state index in [-0.39, 0.29) is 11.3 Å². The Morgan fingerprint density at radius 1 is 1.52 bits per heavy atom. The lowest BCUT2D eigenvalue weighted by Gasteiger charge is -2.24. The SMILES string of the molecule is C=C/C(=C\C=C(/C)CN1CC(C)(CCNC)CC1=O)OC. The van der Waals surface area contributed by atoms with E-state index in [2.05, 4.69) is 18.8 Å². The zero-order valence-electron chi connectivity index (χ0n) is 13.7. The van der Waals surface area contributed by atoms with Crippen molar-refractivity contribution in [2.45, 2.75) is 26.7 Å². The van der Waals surface area contributed by atoms with Gasteiger partial charge in [0.25, 0.3) is 0 Å². The summed E-state index contributed by atoms with van der Waals surface area (Å²) in [6.45, 7) is 10.4. The number of allylic oxidation sites excluding steroid dienone is 3. The largest absolute Gasteiger partial charge is 0.497 e. The Morgan fingerprint density at radius 3 is 2.81 bits per heavy atom. The van der Waals surface area contributed by atoms with Crippen LogP contribution in [0.2, 0.25) is 0 Å². The summed E-state index contributed by atoms with van der Waals surface area (Å²) in [4.78, 5) is 14.1. The highest BCUT2D eigenvalue weighted by Gasteiger charge is 2.38. The molecule has 1 N–H and O–H groups in total. The van der Waals surface area contributed by atoms with Crippen molar-refractivity contribution in [2.24, 2.45) is 5.41 Å². The second-order valence-electron chi connectivity index (χ2n) is 6.08. The highest BCUT2D eigenvalue weighted by molar-refractivity contribution is 5.79. The number of carbonyl (C=O) groups excluding carboxylic acids is 1. The van der Waals surface area contributed by atoms with Gasteiger partial charge < -0.3 is 15.0 Å². The van der Waals surface area contributed by atoms with Crippen LogP contribution >= 0.6 is 0 Å². The molecule has 4 nitrogen and oxygen atoms in total. The summed E-state index contributed by atoms with van der Waals surface area (Å²) in [5.41, 5.74) is 1.23. The monoisotopic (exact) mass is 292 g/mol. The van der Waals surface area contributed by atoms with E-state index in [9.17, 15) is 4.79 Å². The fourth-order valence-corrected chi connectivity index (χ4v) is 2.62. The van der Waals surface area contributed by atoms with Gasteiger partial charge in [0.2, 0.25) is 5.91 Å². The van der Waals surface area contributed by atoms with Crippen molar-refractivity contribution in [3.05, 3.63) is 36.1 Å². The third kappa shape index (κ3) is 5.38. The first-order valence-electron chi connectivity index (χ1n) is 7.40. The lowest BCUT2D eigenvalue weighted by atomic mass is 9.86. The molecule has 1 unspecified atom stereocenters. The van der Waals surface area contributed by atoms with Crippen LogP contribution in [-0.2, 0) is 9.53 Å². The Morgan fingerprint density at radius 2 is 2.24 bits per heavy atom. The van der Waals surface area contributed by atoms with Crippen LogP contribution < -0.4 is 5.32 Å². The van der Waals surface area contributed by atoms with Crippen molar-refractivity contribution in [1.82, 2.24) is 10.2 Å². The summed E-state index contributed by atoms with van der Waals surface area (Å²) < 4.78 is 5.13. The maximum atomic E-state index is 12.2. The molecule has 0 aliphatic carbocycles. The summed E-state index contributed by atoms with van der Waals surface area (Å²) >= 11 is 0. The normalized spacial score (nSPS) is 23.6. The first-order chi connectivity index (χ1) is 9.94. The van der Waals surface area contributed by atoms with Gasteiger partial charge in [0, 0.05) is 19.5 Å². The predicted molar refractivity (Wildman–Crippen MR) is 86.9 cm³/mol. The number of amides is 1. The molecule has 1 rings (SSSR count). The zero-order valence-corrected chi connectivity index (χ0v) is 13.7. The molecule has 0 aromatic rings. The maximum Gasteiger partial charge on any atom is 0.223 e. The van der Waals surface area contributed by atoms with Crippen molar-refractivity contribution >= 4 is 5.91 Å². The van der Waals surface area contributed by atoms with Crippen LogP contribution in [-0.4, -0.2) is 44.6 Å². The van der Waals surface area contributed by atoms with Gasteiger partial charge in [0.1, 0.15) is 5.76 Å². The molecule has 1 atom stereocenters. The van der Waals surface area contributed by atoms with Crippen LogP contribution in [0.4, 0.5) is 0 Å². The summed E-state index contributed by atoms with van der Waals surface area (Å²) in [6.07, 6.45) is 7.20. The number of methoxy groups -OCH3 is 1. The van der Waals surface area contributed by atoms with E-state index < -0.39 is 0 Å². The molecule has 0 spiro atoms. The molecule has 1 saturated heterocycles. The van der Waals surface area contributed by atoms with Crippen LogP contribution in [0.3, 0.4) is 0 Å². The molecule has 1 fully saturated rings. The molecular formula is C17H28N2O2. The summed E-state index contributed by atoms with van der Waals surface area (Å²) in [5, 5.41) is 3.16. The van der Waals surface area contributed by atoms with Gasteiger partial charge >= 0.3 is 0 Å². The number of carbonyl (C=O) groups is 1. The molecule has 0 radical (unpaired) electrons. The van der Waals surface area contributed by atoms with E-state index in [0.29, 0.717) is 13.0 Å². The Kier molecular flexibility index (Phi) is 6.69. The van der Waals surface area contributed by atoms with E-state index in [1.807, 2.05) is 31.0 Å². The topological polar surface area (TPSA) is 41.6 Å². The van der Waals surface area contributed by atoms with Crippen LogP contribution in [0.15, 0.2) is 36.1 Å². The van der Waals surface area contributed by atoms with E-state index in [1.165, 1.54) is 0 Å². The Labute approximate surface area is 128 Å². The molecule has 1 amide bonds. The first-order valence-corrected chi connectivity index (χ1v) is 7.40. The third-order valence-electron chi connectivity index (χ3n) is 3.89. The Balaban J connectivity index is 2.63. The molecule has 0 aromatic carbocycles. The minimum absolute atomic E-state index is 0.0923. The molecule has 1 heterocycles. The van der Waals surface area contributed by atoms with E-state index in [1.54, 1.807) is 13.2 Å². The van der Waals surface area contributed by atoms with Gasteiger partial charge in [-0.1, -0.05) is 25.2 Å². The van der Waals surface area contributed by atoms with E-state index in [4.69, 9.17) is 4.74 Å². The number of rotatable bonds is 8. The highest BCUT2D eigenvalue weighted by Crippen LogP contribution is 2.34. The molecule has 0 bridgehead atoms. The Hall–Kier alpha value is -1.55. The van der Waals surface area contributed by atoms with E-state index in [0.717, 1.165) is 30.8 Å². The molecule has 0 aromatic heterocycles. The first kappa shape index (κ1) is 17.5. The fourth-order valence-electron chi connectivity index (χ4n) is 2.62. The van der Waals surface area contributed by atoms with Gasteiger partial charge in [0.15, 0.2) is 0 Å². The average molecular weight is 292 g/mol. The van der Waals surface area contributed by atoms with Crippen molar-refractivity contribution in [2.75, 3.05) is 33.8 Å². The quantitative estimate of drug-likeness (QED) is 0.552. The predicted octanol–water partition coefficient (Wildman–Crippen LogP) is 2.50. The molecule has 21 heavy (non-hydrogen) atoms. The lowest BCUT2D eigenvalue weighted by Crippen LogP contribution is -2.30. The Bertz CT molecular complexity index is 440. The number of hydrogen-bond acceptors (Lipinski definition) is 3. The average Bonchev–Trinajstić information content (AvgIpc) is 2.73. The number of likely N-dealkylation sites (tertiary alicyclic amines) is 1. The second kappa shape index (κ2) is 8.03. The third-order valence-corrected chi connectivity index (χ3v) is 3.89. The number of nitrogens with one attached hydrogen (secondary N) is 1. The number of nitrogens with zero attached hydrogens (tertiary/aromatic N) is 1. The van der Waals surface area contributed by atoms with Crippen LogP contribution in [0.1, 0.15) is 26.7 Å². The molecule has 1 aliphatic heterocycles. The van der Waals surface area contributed by atoms with Gasteiger partial charge in [-0.3, -0.25) is 4.79 Å².